The maximum Gasteiger partial charge on any atom is 0.225 e. The number of H-pyrrole nitrogens is 1. The first-order valence-electron chi connectivity index (χ1n) is 12.1. The van der Waals surface area contributed by atoms with Gasteiger partial charge in [-0.2, -0.15) is 0 Å². The third-order valence-electron chi connectivity index (χ3n) is 6.44. The Balaban J connectivity index is 1.48. The molecule has 0 fully saturated rings. The molecule has 5 rings (SSSR count). The minimum absolute atomic E-state index is 0.110. The van der Waals surface area contributed by atoms with Crippen LogP contribution in [0.3, 0.4) is 0 Å². The Hall–Kier alpha value is -4.07. The highest BCUT2D eigenvalue weighted by atomic mass is 35.5. The minimum Gasteiger partial charge on any atom is -0.361 e. The summed E-state index contributed by atoms with van der Waals surface area (Å²) in [5.74, 6) is -1.61. The number of nitrogens with zero attached hydrogens (tertiary/aromatic N) is 1. The molecule has 1 amide bonds. The number of carbonyl (C=O) groups excluding carboxylic acids is 1. The van der Waals surface area contributed by atoms with Gasteiger partial charge in [0.1, 0.15) is 11.6 Å². The van der Waals surface area contributed by atoms with Gasteiger partial charge in [0, 0.05) is 46.5 Å². The maximum atomic E-state index is 14.0. The molecule has 0 aliphatic heterocycles. The van der Waals surface area contributed by atoms with Crippen molar-refractivity contribution >= 4 is 28.4 Å². The van der Waals surface area contributed by atoms with Crippen LogP contribution in [0.2, 0.25) is 5.02 Å². The van der Waals surface area contributed by atoms with Gasteiger partial charge in [-0.1, -0.05) is 41.9 Å². The normalized spacial score (nSPS) is 12.0. The van der Waals surface area contributed by atoms with Gasteiger partial charge in [-0.25, -0.2) is 8.78 Å². The molecular weight excluding hydrogens is 506 g/mol. The molecule has 0 bridgehead atoms. The smallest absolute Gasteiger partial charge is 0.225 e. The highest BCUT2D eigenvalue weighted by Crippen LogP contribution is 2.30. The lowest BCUT2D eigenvalue weighted by Gasteiger charge is -2.22. The van der Waals surface area contributed by atoms with E-state index >= 15 is 0 Å². The molecule has 2 heterocycles. The molecule has 4 N–H and O–H groups in total. The van der Waals surface area contributed by atoms with Crippen LogP contribution in [0.25, 0.3) is 22.0 Å². The van der Waals surface area contributed by atoms with Crippen LogP contribution in [0, 0.1) is 11.6 Å². The van der Waals surface area contributed by atoms with E-state index < -0.39 is 17.7 Å². The zero-order valence-corrected chi connectivity index (χ0v) is 21.1. The molecule has 1 atom stereocenters. The highest BCUT2D eigenvalue weighted by Gasteiger charge is 2.22. The molecule has 2 aromatic heterocycles. The number of benzene rings is 3. The summed E-state index contributed by atoms with van der Waals surface area (Å²) in [5, 5.41) is 4.59. The lowest BCUT2D eigenvalue weighted by Crippen LogP contribution is -2.32. The summed E-state index contributed by atoms with van der Waals surface area (Å²) in [4.78, 5) is 21.1. The molecule has 192 valence electrons. The van der Waals surface area contributed by atoms with E-state index in [2.05, 4.69) is 15.3 Å². The number of fused-ring (bicyclic) bond motifs is 1. The zero-order valence-electron chi connectivity index (χ0n) is 20.3. The first-order valence-corrected chi connectivity index (χ1v) is 12.5. The Labute approximate surface area is 223 Å². The van der Waals surface area contributed by atoms with E-state index in [0.29, 0.717) is 22.8 Å². The van der Waals surface area contributed by atoms with Gasteiger partial charge in [-0.05, 0) is 65.1 Å². The van der Waals surface area contributed by atoms with Crippen LogP contribution in [0.1, 0.15) is 28.4 Å². The Morgan fingerprint density at radius 2 is 1.76 bits per heavy atom. The molecule has 0 saturated heterocycles. The predicted molar refractivity (Wildman–Crippen MR) is 146 cm³/mol. The van der Waals surface area contributed by atoms with E-state index in [1.165, 1.54) is 12.1 Å². The number of pyridine rings is 1. The Kier molecular flexibility index (Phi) is 7.49. The first kappa shape index (κ1) is 25.6. The third-order valence-corrected chi connectivity index (χ3v) is 6.69. The molecular formula is C30H25ClF2N4O. The summed E-state index contributed by atoms with van der Waals surface area (Å²) in [7, 11) is 0. The molecule has 0 radical (unpaired) electrons. The number of halogens is 3. The molecule has 0 saturated carbocycles. The van der Waals surface area contributed by atoms with E-state index in [9.17, 15) is 13.6 Å². The van der Waals surface area contributed by atoms with Crippen LogP contribution in [0.15, 0.2) is 85.2 Å². The summed E-state index contributed by atoms with van der Waals surface area (Å²) in [6.07, 6.45) is 3.70. The number of hydrogen-bond donors (Lipinski definition) is 3. The van der Waals surface area contributed by atoms with Gasteiger partial charge >= 0.3 is 0 Å². The number of aromatic nitrogens is 2. The number of nitrogens with two attached hydrogens (primary N) is 1. The molecule has 8 heteroatoms. The zero-order chi connectivity index (χ0) is 26.6. The number of aromatic amines is 1. The number of rotatable bonds is 8. The fraction of sp³-hybridized carbons (Fsp3) is 0.133. The summed E-state index contributed by atoms with van der Waals surface area (Å²) in [5.41, 5.74) is 11.1. The molecule has 5 nitrogen and oxygen atoms in total. The minimum atomic E-state index is -0.681. The van der Waals surface area contributed by atoms with Crippen molar-refractivity contribution in [3.8, 4) is 11.1 Å². The van der Waals surface area contributed by atoms with Gasteiger partial charge in [0.15, 0.2) is 0 Å². The average Bonchev–Trinajstić information content (AvgIpc) is 3.29. The van der Waals surface area contributed by atoms with Crippen molar-refractivity contribution in [2.45, 2.75) is 25.4 Å². The van der Waals surface area contributed by atoms with Gasteiger partial charge < -0.3 is 16.0 Å². The summed E-state index contributed by atoms with van der Waals surface area (Å²) >= 11 is 6.08. The van der Waals surface area contributed by atoms with Crippen LogP contribution in [-0.4, -0.2) is 15.9 Å². The van der Waals surface area contributed by atoms with E-state index in [0.717, 1.165) is 39.2 Å². The van der Waals surface area contributed by atoms with Gasteiger partial charge in [0.25, 0.3) is 0 Å². The quantitative estimate of drug-likeness (QED) is 0.221. The summed E-state index contributed by atoms with van der Waals surface area (Å²) in [6, 6.07) is 19.5. The summed E-state index contributed by atoms with van der Waals surface area (Å²) < 4.78 is 28.0. The van der Waals surface area contributed by atoms with E-state index in [-0.39, 0.29) is 18.7 Å². The van der Waals surface area contributed by atoms with Gasteiger partial charge in [-0.3, -0.25) is 9.78 Å². The Morgan fingerprint density at radius 1 is 1.00 bits per heavy atom. The second-order valence-electron chi connectivity index (χ2n) is 9.12. The van der Waals surface area contributed by atoms with Crippen molar-refractivity contribution in [3.63, 3.8) is 0 Å². The van der Waals surface area contributed by atoms with Crippen molar-refractivity contribution in [2.75, 3.05) is 0 Å². The first-order chi connectivity index (χ1) is 18.4. The van der Waals surface area contributed by atoms with Crippen molar-refractivity contribution < 1.29 is 13.6 Å². The van der Waals surface area contributed by atoms with Crippen molar-refractivity contribution in [2.24, 2.45) is 5.73 Å². The molecule has 38 heavy (non-hydrogen) atoms. The predicted octanol–water partition coefficient (Wildman–Crippen LogP) is 6.26. The van der Waals surface area contributed by atoms with Crippen LogP contribution in [-0.2, 0) is 24.2 Å². The summed E-state index contributed by atoms with van der Waals surface area (Å²) in [6.45, 7) is 0.424. The number of carbonyl (C=O) groups is 1. The van der Waals surface area contributed by atoms with E-state index in [1.54, 1.807) is 30.6 Å². The third kappa shape index (κ3) is 5.74. The number of nitrogens with one attached hydrogen (secondary N) is 2. The van der Waals surface area contributed by atoms with Crippen LogP contribution in [0.5, 0.6) is 0 Å². The molecule has 0 unspecified atom stereocenters. The Bertz CT molecular complexity index is 1580. The topological polar surface area (TPSA) is 83.8 Å². The van der Waals surface area contributed by atoms with Gasteiger partial charge in [0.05, 0.1) is 18.2 Å². The Morgan fingerprint density at radius 3 is 2.50 bits per heavy atom. The molecule has 0 aliphatic rings. The lowest BCUT2D eigenvalue weighted by atomic mass is 9.95. The van der Waals surface area contributed by atoms with Crippen molar-refractivity contribution in [3.05, 3.63) is 124 Å². The van der Waals surface area contributed by atoms with Crippen molar-refractivity contribution in [1.82, 2.24) is 15.3 Å². The average molecular weight is 531 g/mol. The van der Waals surface area contributed by atoms with E-state index in [1.807, 2.05) is 36.4 Å². The number of hydrogen-bond acceptors (Lipinski definition) is 3. The largest absolute Gasteiger partial charge is 0.361 e. The molecule has 0 spiro atoms. The van der Waals surface area contributed by atoms with E-state index in [4.69, 9.17) is 17.3 Å². The fourth-order valence-corrected chi connectivity index (χ4v) is 4.80. The van der Waals surface area contributed by atoms with Crippen molar-refractivity contribution in [1.29, 1.82) is 0 Å². The number of amides is 1. The standard InChI is InChI=1S/C30H25ClF2N4O/c31-22-6-4-20(5-7-22)26-2-1-9-35-30(26)28(13-19-10-23(32)15-24(33)11-19)37-29(38)14-21-17-36-27-12-18(16-34)3-8-25(21)27/h1-12,15,17,28,36H,13-14,16,34H2,(H,37,38)/t28-/m0/s1. The maximum absolute atomic E-state index is 14.0. The lowest BCUT2D eigenvalue weighted by molar-refractivity contribution is -0.121. The van der Waals surface area contributed by atoms with Crippen LogP contribution < -0.4 is 11.1 Å². The molecule has 5 aromatic rings. The highest BCUT2D eigenvalue weighted by molar-refractivity contribution is 6.30. The fourth-order valence-electron chi connectivity index (χ4n) is 4.67. The molecule has 3 aromatic carbocycles. The SMILES string of the molecule is NCc1ccc2c(CC(=O)N[C@@H](Cc3cc(F)cc(F)c3)c3ncccc3-c3ccc(Cl)cc3)c[nH]c2c1. The second kappa shape index (κ2) is 11.1. The monoisotopic (exact) mass is 530 g/mol. The van der Waals surface area contributed by atoms with Gasteiger partial charge in [0.2, 0.25) is 5.91 Å². The van der Waals surface area contributed by atoms with Crippen LogP contribution >= 0.6 is 11.6 Å². The van der Waals surface area contributed by atoms with Gasteiger partial charge in [-0.15, -0.1) is 0 Å². The molecule has 0 aliphatic carbocycles. The van der Waals surface area contributed by atoms with Crippen LogP contribution in [0.4, 0.5) is 8.78 Å². The second-order valence-corrected chi connectivity index (χ2v) is 9.56.